The molecule has 23 heavy (non-hydrogen) atoms. The number of unbranched alkanes of at least 4 members (excludes halogenated alkanes) is 1. The third kappa shape index (κ3) is 4.31. The third-order valence-electron chi connectivity index (χ3n) is 4.01. The van der Waals surface area contributed by atoms with Gasteiger partial charge in [-0.3, -0.25) is 14.4 Å². The predicted molar refractivity (Wildman–Crippen MR) is 88.1 cm³/mol. The van der Waals surface area contributed by atoms with Crippen molar-refractivity contribution < 1.29 is 14.4 Å². The Morgan fingerprint density at radius 2 is 1.96 bits per heavy atom. The minimum atomic E-state index is -0.307. The quantitative estimate of drug-likeness (QED) is 0.837. The number of carbonyl (C=O) groups excluding carboxylic acids is 3. The highest BCUT2D eigenvalue weighted by Crippen LogP contribution is 2.20. The van der Waals surface area contributed by atoms with Gasteiger partial charge >= 0.3 is 0 Å². The zero-order chi connectivity index (χ0) is 16.8. The Morgan fingerprint density at radius 3 is 2.57 bits per heavy atom. The molecule has 0 bridgehead atoms. The molecule has 2 rings (SSSR count). The molecule has 0 spiro atoms. The van der Waals surface area contributed by atoms with Gasteiger partial charge in [0, 0.05) is 37.8 Å². The fourth-order valence-corrected chi connectivity index (χ4v) is 2.61. The van der Waals surface area contributed by atoms with E-state index in [-0.39, 0.29) is 30.1 Å². The largest absolute Gasteiger partial charge is 0.355 e. The van der Waals surface area contributed by atoms with Gasteiger partial charge in [0.25, 0.3) is 5.91 Å². The summed E-state index contributed by atoms with van der Waals surface area (Å²) in [7, 11) is 1.57. The summed E-state index contributed by atoms with van der Waals surface area (Å²) in [6, 6.07) is 6.69. The normalized spacial score (nSPS) is 17.2. The molecule has 1 aromatic carbocycles. The molecular formula is C17H23N3O3. The van der Waals surface area contributed by atoms with E-state index in [1.807, 2.05) is 0 Å². The van der Waals surface area contributed by atoms with Gasteiger partial charge < -0.3 is 15.5 Å². The molecule has 1 heterocycles. The lowest BCUT2D eigenvalue weighted by atomic mass is 10.1. The molecular weight excluding hydrogens is 294 g/mol. The van der Waals surface area contributed by atoms with E-state index >= 15 is 0 Å². The molecule has 1 fully saturated rings. The van der Waals surface area contributed by atoms with Gasteiger partial charge in [0.2, 0.25) is 11.8 Å². The molecule has 6 heteroatoms. The molecule has 124 valence electrons. The minimum absolute atomic E-state index is 0.0496. The van der Waals surface area contributed by atoms with Gasteiger partial charge in [-0.1, -0.05) is 13.3 Å². The average molecular weight is 317 g/mol. The topological polar surface area (TPSA) is 78.5 Å². The van der Waals surface area contributed by atoms with Crippen molar-refractivity contribution in [1.29, 1.82) is 0 Å². The number of rotatable bonds is 6. The first-order valence-electron chi connectivity index (χ1n) is 7.96. The van der Waals surface area contributed by atoms with E-state index in [1.165, 1.54) is 0 Å². The van der Waals surface area contributed by atoms with Crippen molar-refractivity contribution in [3.8, 4) is 0 Å². The lowest BCUT2D eigenvalue weighted by molar-refractivity contribution is -0.128. The fraction of sp³-hybridized carbons (Fsp3) is 0.471. The molecule has 0 radical (unpaired) electrons. The van der Waals surface area contributed by atoms with Crippen molar-refractivity contribution in [2.45, 2.75) is 26.2 Å². The maximum absolute atomic E-state index is 12.3. The van der Waals surface area contributed by atoms with Crippen LogP contribution in [0.5, 0.6) is 0 Å². The van der Waals surface area contributed by atoms with Gasteiger partial charge in [-0.15, -0.1) is 0 Å². The van der Waals surface area contributed by atoms with E-state index in [9.17, 15) is 14.4 Å². The smallest absolute Gasteiger partial charge is 0.251 e. The van der Waals surface area contributed by atoms with Crippen LogP contribution in [0.2, 0.25) is 0 Å². The number of benzene rings is 1. The van der Waals surface area contributed by atoms with Crippen LogP contribution in [-0.2, 0) is 9.59 Å². The summed E-state index contributed by atoms with van der Waals surface area (Å²) in [5, 5.41) is 5.36. The van der Waals surface area contributed by atoms with E-state index in [4.69, 9.17) is 0 Å². The highest BCUT2D eigenvalue weighted by atomic mass is 16.2. The second-order valence-electron chi connectivity index (χ2n) is 5.74. The number of hydrogen-bond acceptors (Lipinski definition) is 3. The Bertz CT molecular complexity index is 583. The fourth-order valence-electron chi connectivity index (χ4n) is 2.61. The Balaban J connectivity index is 1.92. The second kappa shape index (κ2) is 7.76. The maximum Gasteiger partial charge on any atom is 0.251 e. The highest BCUT2D eigenvalue weighted by Gasteiger charge is 2.33. The first kappa shape index (κ1) is 17.0. The van der Waals surface area contributed by atoms with Crippen LogP contribution in [0.1, 0.15) is 36.5 Å². The number of likely N-dealkylation sites (tertiary alicyclic amines) is 1. The minimum Gasteiger partial charge on any atom is -0.355 e. The van der Waals surface area contributed by atoms with Gasteiger partial charge in [0.15, 0.2) is 0 Å². The molecule has 1 atom stereocenters. The van der Waals surface area contributed by atoms with Crippen molar-refractivity contribution in [3.63, 3.8) is 0 Å². The Labute approximate surface area is 136 Å². The van der Waals surface area contributed by atoms with Gasteiger partial charge in [-0.25, -0.2) is 0 Å². The van der Waals surface area contributed by atoms with E-state index in [2.05, 4.69) is 17.6 Å². The van der Waals surface area contributed by atoms with Crippen LogP contribution in [0.4, 0.5) is 5.69 Å². The molecule has 1 aliphatic rings. The maximum atomic E-state index is 12.3. The summed E-state index contributed by atoms with van der Waals surface area (Å²) >= 11 is 0. The first-order chi connectivity index (χ1) is 11.0. The van der Waals surface area contributed by atoms with Crippen molar-refractivity contribution in [2.24, 2.45) is 5.92 Å². The molecule has 6 nitrogen and oxygen atoms in total. The third-order valence-corrected chi connectivity index (χ3v) is 4.01. The van der Waals surface area contributed by atoms with E-state index in [1.54, 1.807) is 36.2 Å². The molecule has 0 saturated carbocycles. The van der Waals surface area contributed by atoms with E-state index in [0.717, 1.165) is 19.4 Å². The number of hydrogen-bond donors (Lipinski definition) is 2. The second-order valence-corrected chi connectivity index (χ2v) is 5.74. The molecule has 1 aromatic rings. The van der Waals surface area contributed by atoms with Gasteiger partial charge in [0.1, 0.15) is 0 Å². The highest BCUT2D eigenvalue weighted by molar-refractivity contribution is 5.98. The molecule has 2 N–H and O–H groups in total. The molecule has 1 saturated heterocycles. The first-order valence-corrected chi connectivity index (χ1v) is 7.96. The Kier molecular flexibility index (Phi) is 5.73. The van der Waals surface area contributed by atoms with E-state index in [0.29, 0.717) is 17.8 Å². The summed E-state index contributed by atoms with van der Waals surface area (Å²) in [4.78, 5) is 37.4. The van der Waals surface area contributed by atoms with E-state index < -0.39 is 0 Å². The molecule has 1 unspecified atom stereocenters. The van der Waals surface area contributed by atoms with Gasteiger partial charge in [-0.2, -0.15) is 0 Å². The van der Waals surface area contributed by atoms with Gasteiger partial charge in [-0.05, 0) is 30.7 Å². The standard InChI is InChI=1S/C17H23N3O3/c1-3-4-9-20-11-13(10-15(20)21)17(23)19-14-7-5-12(6-8-14)16(22)18-2/h5-8,13H,3-4,9-11H2,1-2H3,(H,18,22)(H,19,23). The Hall–Kier alpha value is -2.37. The van der Waals surface area contributed by atoms with Crippen LogP contribution >= 0.6 is 0 Å². The summed E-state index contributed by atoms with van der Waals surface area (Å²) in [5.41, 5.74) is 1.16. The molecule has 0 aliphatic carbocycles. The van der Waals surface area contributed by atoms with Crippen LogP contribution in [0.15, 0.2) is 24.3 Å². The zero-order valence-corrected chi connectivity index (χ0v) is 13.6. The molecule has 3 amide bonds. The summed E-state index contributed by atoms with van der Waals surface area (Å²) in [6.07, 6.45) is 2.26. The predicted octanol–water partition coefficient (Wildman–Crippen LogP) is 1.63. The number of carbonyl (C=O) groups is 3. The SMILES string of the molecule is CCCCN1CC(C(=O)Nc2ccc(C(=O)NC)cc2)CC1=O. The number of nitrogens with zero attached hydrogens (tertiary/aromatic N) is 1. The molecule has 1 aliphatic heterocycles. The molecule has 0 aromatic heterocycles. The van der Waals surface area contributed by atoms with Gasteiger partial charge in [0.05, 0.1) is 5.92 Å². The van der Waals surface area contributed by atoms with Crippen molar-refractivity contribution >= 4 is 23.4 Å². The number of nitrogens with one attached hydrogen (secondary N) is 2. The summed E-state index contributed by atoms with van der Waals surface area (Å²) in [5.74, 6) is -0.576. The van der Waals surface area contributed by atoms with Crippen LogP contribution in [0.25, 0.3) is 0 Å². The summed E-state index contributed by atoms with van der Waals surface area (Å²) < 4.78 is 0. The number of anilines is 1. The number of amides is 3. The lowest BCUT2D eigenvalue weighted by Crippen LogP contribution is -2.29. The van der Waals surface area contributed by atoms with Crippen LogP contribution in [0, 0.1) is 5.92 Å². The average Bonchev–Trinajstić information content (AvgIpc) is 2.94. The zero-order valence-electron chi connectivity index (χ0n) is 13.6. The monoisotopic (exact) mass is 317 g/mol. The van der Waals surface area contributed by atoms with Crippen molar-refractivity contribution in [2.75, 3.05) is 25.5 Å². The summed E-state index contributed by atoms with van der Waals surface area (Å²) in [6.45, 7) is 3.29. The Morgan fingerprint density at radius 1 is 1.26 bits per heavy atom. The van der Waals surface area contributed by atoms with Crippen LogP contribution in [0.3, 0.4) is 0 Å². The van der Waals surface area contributed by atoms with Crippen LogP contribution < -0.4 is 10.6 Å². The van der Waals surface area contributed by atoms with Crippen molar-refractivity contribution in [1.82, 2.24) is 10.2 Å². The lowest BCUT2D eigenvalue weighted by Gasteiger charge is -2.16. The van der Waals surface area contributed by atoms with Crippen LogP contribution in [-0.4, -0.2) is 42.8 Å². The van der Waals surface area contributed by atoms with Crippen molar-refractivity contribution in [3.05, 3.63) is 29.8 Å².